The quantitative estimate of drug-likeness (QED) is 0.411. The van der Waals surface area contributed by atoms with Crippen molar-refractivity contribution in [1.82, 2.24) is 5.32 Å². The monoisotopic (exact) mass is 467 g/mol. The van der Waals surface area contributed by atoms with E-state index < -0.39 is 54.5 Å². The summed E-state index contributed by atoms with van der Waals surface area (Å²) in [6.45, 7) is 4.63. The highest BCUT2D eigenvalue weighted by Crippen LogP contribution is 2.28. The first-order chi connectivity index (χ1) is 15.6. The van der Waals surface area contributed by atoms with Gasteiger partial charge in [0.1, 0.15) is 24.5 Å². The highest BCUT2D eigenvalue weighted by atomic mass is 16.7. The Kier molecular flexibility index (Phi) is 9.61. The number of benzene rings is 1. The maximum Gasteiger partial charge on any atom is 0.303 e. The molecule has 1 aliphatic heterocycles. The summed E-state index contributed by atoms with van der Waals surface area (Å²) in [6.07, 6.45) is -4.46. The molecule has 182 valence electrons. The number of amides is 1. The fourth-order valence-electron chi connectivity index (χ4n) is 3.33. The largest absolute Gasteiger partial charge is 0.497 e. The normalized spacial score (nSPS) is 24.3. The van der Waals surface area contributed by atoms with E-state index in [0.717, 1.165) is 5.56 Å². The van der Waals surface area contributed by atoms with Gasteiger partial charge in [0.25, 0.3) is 0 Å². The van der Waals surface area contributed by atoms with E-state index in [2.05, 4.69) is 5.32 Å². The van der Waals surface area contributed by atoms with Crippen molar-refractivity contribution in [2.45, 2.75) is 64.9 Å². The number of carbonyl (C=O) groups excluding carboxylic acids is 4. The van der Waals surface area contributed by atoms with Gasteiger partial charge in [-0.1, -0.05) is 12.1 Å². The summed E-state index contributed by atoms with van der Waals surface area (Å²) >= 11 is 0. The summed E-state index contributed by atoms with van der Waals surface area (Å²) in [6, 6.07) is 6.08. The lowest BCUT2D eigenvalue weighted by atomic mass is 9.96. The average Bonchev–Trinajstić information content (AvgIpc) is 2.73. The molecule has 0 aromatic heterocycles. The molecule has 5 atom stereocenters. The van der Waals surface area contributed by atoms with Gasteiger partial charge in [0, 0.05) is 27.7 Å². The van der Waals surface area contributed by atoms with Crippen molar-refractivity contribution in [3.05, 3.63) is 29.8 Å². The summed E-state index contributed by atoms with van der Waals surface area (Å²) < 4.78 is 32.8. The van der Waals surface area contributed by atoms with Gasteiger partial charge in [-0.15, -0.1) is 0 Å². The van der Waals surface area contributed by atoms with Gasteiger partial charge in [-0.3, -0.25) is 19.2 Å². The molecule has 1 saturated heterocycles. The van der Waals surface area contributed by atoms with Crippen molar-refractivity contribution in [3.63, 3.8) is 0 Å². The smallest absolute Gasteiger partial charge is 0.303 e. The maximum absolute atomic E-state index is 11.9. The van der Waals surface area contributed by atoms with Crippen molar-refractivity contribution in [2.24, 2.45) is 0 Å². The van der Waals surface area contributed by atoms with Crippen LogP contribution in [-0.4, -0.2) is 68.2 Å². The van der Waals surface area contributed by atoms with Crippen molar-refractivity contribution in [1.29, 1.82) is 0 Å². The molecule has 0 bridgehead atoms. The van der Waals surface area contributed by atoms with Crippen LogP contribution < -0.4 is 10.1 Å². The number of carbonyl (C=O) groups is 4. The van der Waals surface area contributed by atoms with Crippen LogP contribution in [0.15, 0.2) is 24.3 Å². The van der Waals surface area contributed by atoms with Gasteiger partial charge >= 0.3 is 17.9 Å². The van der Waals surface area contributed by atoms with Crippen molar-refractivity contribution in [3.8, 4) is 5.75 Å². The van der Waals surface area contributed by atoms with Crippen LogP contribution in [0.2, 0.25) is 0 Å². The molecule has 1 aliphatic rings. The first-order valence-electron chi connectivity index (χ1n) is 10.3. The van der Waals surface area contributed by atoms with Crippen LogP contribution in [0.25, 0.3) is 0 Å². The Morgan fingerprint density at radius 3 is 2.03 bits per heavy atom. The summed E-state index contributed by atoms with van der Waals surface area (Å²) in [5.41, 5.74) is 0.781. The van der Waals surface area contributed by atoms with E-state index in [1.807, 2.05) is 0 Å². The van der Waals surface area contributed by atoms with Crippen LogP contribution in [-0.2, 0) is 49.5 Å². The zero-order valence-corrected chi connectivity index (χ0v) is 19.2. The third-order valence-electron chi connectivity index (χ3n) is 4.64. The molecule has 33 heavy (non-hydrogen) atoms. The topological polar surface area (TPSA) is 136 Å². The molecule has 1 aromatic rings. The summed E-state index contributed by atoms with van der Waals surface area (Å²) in [5.74, 6) is -1.70. The van der Waals surface area contributed by atoms with Crippen LogP contribution in [0.3, 0.4) is 0 Å². The third kappa shape index (κ3) is 8.03. The number of esters is 3. The van der Waals surface area contributed by atoms with E-state index in [1.165, 1.54) is 27.7 Å². The third-order valence-corrected chi connectivity index (χ3v) is 4.64. The van der Waals surface area contributed by atoms with Gasteiger partial charge in [-0.05, 0) is 17.7 Å². The standard InChI is InChI=1S/C22H29NO10/c1-12(24)23-19-21(32-15(4)27)20(31-14(3)26)18(11-29-13(2)25)33-22(19)30-10-16-6-8-17(28-5)9-7-16/h6-9,18-22H,10-11H2,1-5H3,(H,23,24)/t18-,19-,20+,21-,22+/m0/s1. The molecule has 0 unspecified atom stereocenters. The van der Waals surface area contributed by atoms with E-state index in [0.29, 0.717) is 5.75 Å². The Morgan fingerprint density at radius 1 is 0.909 bits per heavy atom. The van der Waals surface area contributed by atoms with E-state index in [-0.39, 0.29) is 13.2 Å². The Hall–Kier alpha value is -3.18. The lowest BCUT2D eigenvalue weighted by Crippen LogP contribution is -2.66. The van der Waals surface area contributed by atoms with Crippen LogP contribution >= 0.6 is 0 Å². The highest BCUT2D eigenvalue weighted by molar-refractivity contribution is 5.73. The molecule has 0 aliphatic carbocycles. The minimum Gasteiger partial charge on any atom is -0.497 e. The number of ether oxygens (including phenoxy) is 6. The Balaban J connectivity index is 2.33. The molecule has 0 radical (unpaired) electrons. The summed E-state index contributed by atoms with van der Waals surface area (Å²) in [4.78, 5) is 46.9. The van der Waals surface area contributed by atoms with Gasteiger partial charge in [-0.25, -0.2) is 0 Å². The van der Waals surface area contributed by atoms with Crippen molar-refractivity contribution in [2.75, 3.05) is 13.7 Å². The van der Waals surface area contributed by atoms with E-state index in [1.54, 1.807) is 31.4 Å². The molecule has 2 rings (SSSR count). The fourth-order valence-corrected chi connectivity index (χ4v) is 3.33. The molecule has 0 spiro atoms. The van der Waals surface area contributed by atoms with Crippen molar-refractivity contribution >= 4 is 23.8 Å². The maximum atomic E-state index is 11.9. The lowest BCUT2D eigenvalue weighted by molar-refractivity contribution is -0.280. The van der Waals surface area contributed by atoms with Gasteiger partial charge < -0.3 is 33.7 Å². The predicted octanol–water partition coefficient (Wildman–Crippen LogP) is 0.868. The van der Waals surface area contributed by atoms with E-state index in [9.17, 15) is 19.2 Å². The molecule has 11 nitrogen and oxygen atoms in total. The van der Waals surface area contributed by atoms with Gasteiger partial charge in [0.2, 0.25) is 5.91 Å². The fraction of sp³-hybridized carbons (Fsp3) is 0.545. The Labute approximate surface area is 191 Å². The molecule has 1 N–H and O–H groups in total. The average molecular weight is 467 g/mol. The minimum atomic E-state index is -1.16. The van der Waals surface area contributed by atoms with Crippen LogP contribution in [0.1, 0.15) is 33.3 Å². The SMILES string of the molecule is COc1ccc(CO[C@@H]2O[C@@H](COC(C)=O)[C@@H](OC(C)=O)[C@@H](OC(C)=O)[C@@H]2NC(C)=O)cc1. The van der Waals surface area contributed by atoms with Crippen LogP contribution in [0.4, 0.5) is 0 Å². The van der Waals surface area contributed by atoms with Gasteiger partial charge in [0.05, 0.1) is 13.7 Å². The number of rotatable bonds is 9. The second kappa shape index (κ2) is 12.2. The van der Waals surface area contributed by atoms with Crippen LogP contribution in [0.5, 0.6) is 5.75 Å². The molecule has 11 heteroatoms. The number of hydrogen-bond donors (Lipinski definition) is 1. The predicted molar refractivity (Wildman–Crippen MR) is 112 cm³/mol. The van der Waals surface area contributed by atoms with Gasteiger partial charge in [-0.2, -0.15) is 0 Å². The number of hydrogen-bond acceptors (Lipinski definition) is 10. The molecule has 1 aromatic carbocycles. The van der Waals surface area contributed by atoms with Crippen molar-refractivity contribution < 1.29 is 47.6 Å². The zero-order valence-electron chi connectivity index (χ0n) is 19.2. The van der Waals surface area contributed by atoms with Crippen LogP contribution in [0, 0.1) is 0 Å². The first-order valence-corrected chi connectivity index (χ1v) is 10.3. The molecule has 0 saturated carbocycles. The molecule has 1 heterocycles. The summed E-state index contributed by atoms with van der Waals surface area (Å²) in [7, 11) is 1.55. The number of nitrogens with one attached hydrogen (secondary N) is 1. The van der Waals surface area contributed by atoms with E-state index >= 15 is 0 Å². The summed E-state index contributed by atoms with van der Waals surface area (Å²) in [5, 5.41) is 2.65. The Morgan fingerprint density at radius 2 is 1.52 bits per heavy atom. The lowest BCUT2D eigenvalue weighted by Gasteiger charge is -2.44. The molecular weight excluding hydrogens is 438 g/mol. The molecular formula is C22H29NO10. The Bertz CT molecular complexity index is 840. The number of methoxy groups -OCH3 is 1. The van der Waals surface area contributed by atoms with E-state index in [4.69, 9.17) is 28.4 Å². The highest BCUT2D eigenvalue weighted by Gasteiger charge is 2.51. The minimum absolute atomic E-state index is 0.0794. The molecule has 1 fully saturated rings. The second-order valence-electron chi connectivity index (χ2n) is 7.38. The first kappa shape index (κ1) is 26.1. The molecule has 1 amide bonds. The second-order valence-corrected chi connectivity index (χ2v) is 7.38. The zero-order chi connectivity index (χ0) is 24.5. The van der Waals surface area contributed by atoms with Gasteiger partial charge in [0.15, 0.2) is 18.5 Å².